The minimum Gasteiger partial charge on any atom is -0.496 e. The molecular weight excluding hydrogens is 292 g/mol. The standard InChI is InChI=1S/C19H20O4/c1-12-9-15(13(2)20)5-7-18(12)23-11-17-10-16(14(3)21)6-8-19(17)22-4/h5-10H,11H2,1-4H3. The molecule has 0 saturated heterocycles. The highest BCUT2D eigenvalue weighted by Crippen LogP contribution is 2.25. The Hall–Kier alpha value is -2.62. The molecule has 0 N–H and O–H groups in total. The Morgan fingerprint density at radius 3 is 2.00 bits per heavy atom. The maximum absolute atomic E-state index is 11.5. The van der Waals surface area contributed by atoms with Crippen molar-refractivity contribution in [2.75, 3.05) is 7.11 Å². The summed E-state index contributed by atoms with van der Waals surface area (Å²) in [6.07, 6.45) is 0. The maximum Gasteiger partial charge on any atom is 0.159 e. The van der Waals surface area contributed by atoms with E-state index in [1.807, 2.05) is 6.92 Å². The smallest absolute Gasteiger partial charge is 0.159 e. The summed E-state index contributed by atoms with van der Waals surface area (Å²) in [6, 6.07) is 10.6. The number of methoxy groups -OCH3 is 1. The summed E-state index contributed by atoms with van der Waals surface area (Å²) in [5.41, 5.74) is 2.97. The van der Waals surface area contributed by atoms with E-state index in [1.54, 1.807) is 43.5 Å². The molecule has 0 radical (unpaired) electrons. The Bertz CT molecular complexity index is 747. The van der Waals surface area contributed by atoms with E-state index >= 15 is 0 Å². The summed E-state index contributed by atoms with van der Waals surface area (Å²) < 4.78 is 11.1. The zero-order valence-corrected chi connectivity index (χ0v) is 13.8. The Morgan fingerprint density at radius 2 is 1.48 bits per heavy atom. The quantitative estimate of drug-likeness (QED) is 0.757. The molecule has 0 saturated carbocycles. The lowest BCUT2D eigenvalue weighted by molar-refractivity contribution is 0.100. The van der Waals surface area contributed by atoms with E-state index in [1.165, 1.54) is 13.8 Å². The van der Waals surface area contributed by atoms with Gasteiger partial charge in [0.15, 0.2) is 11.6 Å². The molecule has 0 heterocycles. The number of ketones is 2. The van der Waals surface area contributed by atoms with E-state index < -0.39 is 0 Å². The minimum absolute atomic E-state index is 0.00380. The summed E-state index contributed by atoms with van der Waals surface area (Å²) in [6.45, 7) is 5.24. The molecule has 0 spiro atoms. The first-order valence-electron chi connectivity index (χ1n) is 7.34. The van der Waals surface area contributed by atoms with Crippen LogP contribution in [0, 0.1) is 6.92 Å². The van der Waals surface area contributed by atoms with Crippen molar-refractivity contribution in [3.63, 3.8) is 0 Å². The third kappa shape index (κ3) is 3.97. The Kier molecular flexibility index (Phi) is 5.16. The lowest BCUT2D eigenvalue weighted by Gasteiger charge is -2.13. The molecule has 2 aromatic carbocycles. The van der Waals surface area contributed by atoms with Crippen LogP contribution in [-0.4, -0.2) is 18.7 Å². The van der Waals surface area contributed by atoms with Gasteiger partial charge in [-0.3, -0.25) is 9.59 Å². The van der Waals surface area contributed by atoms with Crippen LogP contribution in [0.1, 0.15) is 45.7 Å². The van der Waals surface area contributed by atoms with Gasteiger partial charge < -0.3 is 9.47 Å². The van der Waals surface area contributed by atoms with Crippen LogP contribution in [0.4, 0.5) is 0 Å². The molecule has 0 aliphatic rings. The van der Waals surface area contributed by atoms with Crippen LogP contribution < -0.4 is 9.47 Å². The molecule has 0 atom stereocenters. The van der Waals surface area contributed by atoms with Crippen LogP contribution in [0.25, 0.3) is 0 Å². The topological polar surface area (TPSA) is 52.6 Å². The molecule has 120 valence electrons. The molecule has 4 heteroatoms. The molecule has 2 rings (SSSR count). The normalized spacial score (nSPS) is 10.3. The number of hydrogen-bond donors (Lipinski definition) is 0. The fourth-order valence-corrected chi connectivity index (χ4v) is 2.30. The number of ether oxygens (including phenoxy) is 2. The van der Waals surface area contributed by atoms with Crippen molar-refractivity contribution >= 4 is 11.6 Å². The number of aryl methyl sites for hydroxylation is 1. The third-order valence-electron chi connectivity index (χ3n) is 3.65. The molecule has 0 aromatic heterocycles. The van der Waals surface area contributed by atoms with Crippen molar-refractivity contribution in [2.24, 2.45) is 0 Å². The molecule has 0 aliphatic carbocycles. The molecule has 4 nitrogen and oxygen atoms in total. The van der Waals surface area contributed by atoms with Gasteiger partial charge in [0.05, 0.1) is 7.11 Å². The molecular formula is C19H20O4. The second-order valence-electron chi connectivity index (χ2n) is 5.41. The number of benzene rings is 2. The molecule has 0 bridgehead atoms. The van der Waals surface area contributed by atoms with Gasteiger partial charge >= 0.3 is 0 Å². The zero-order chi connectivity index (χ0) is 17.0. The van der Waals surface area contributed by atoms with Crippen molar-refractivity contribution in [1.29, 1.82) is 0 Å². The maximum atomic E-state index is 11.5. The first-order valence-corrected chi connectivity index (χ1v) is 7.34. The van der Waals surface area contributed by atoms with Gasteiger partial charge in [0.25, 0.3) is 0 Å². The highest BCUT2D eigenvalue weighted by molar-refractivity contribution is 5.94. The van der Waals surface area contributed by atoms with Gasteiger partial charge in [0, 0.05) is 16.7 Å². The average Bonchev–Trinajstić information content (AvgIpc) is 2.53. The van der Waals surface area contributed by atoms with Gasteiger partial charge in [0.2, 0.25) is 0 Å². The van der Waals surface area contributed by atoms with Gasteiger partial charge in [-0.05, 0) is 62.7 Å². The molecule has 0 unspecified atom stereocenters. The molecule has 0 amide bonds. The van der Waals surface area contributed by atoms with Crippen LogP contribution >= 0.6 is 0 Å². The summed E-state index contributed by atoms with van der Waals surface area (Å²) in [4.78, 5) is 22.9. The van der Waals surface area contributed by atoms with Crippen molar-refractivity contribution in [2.45, 2.75) is 27.4 Å². The fraction of sp³-hybridized carbons (Fsp3) is 0.263. The van der Waals surface area contributed by atoms with E-state index in [-0.39, 0.29) is 18.2 Å². The van der Waals surface area contributed by atoms with Crippen molar-refractivity contribution in [3.05, 3.63) is 58.7 Å². The van der Waals surface area contributed by atoms with Gasteiger partial charge in [-0.2, -0.15) is 0 Å². The summed E-state index contributed by atoms with van der Waals surface area (Å²) >= 11 is 0. The third-order valence-corrected chi connectivity index (χ3v) is 3.65. The molecule has 23 heavy (non-hydrogen) atoms. The highest BCUT2D eigenvalue weighted by atomic mass is 16.5. The van der Waals surface area contributed by atoms with E-state index in [2.05, 4.69) is 0 Å². The zero-order valence-electron chi connectivity index (χ0n) is 13.8. The van der Waals surface area contributed by atoms with Crippen LogP contribution in [-0.2, 0) is 6.61 Å². The van der Waals surface area contributed by atoms with Crippen LogP contribution in [0.5, 0.6) is 11.5 Å². The van der Waals surface area contributed by atoms with Gasteiger partial charge in [-0.15, -0.1) is 0 Å². The molecule has 2 aromatic rings. The number of hydrogen-bond acceptors (Lipinski definition) is 4. The van der Waals surface area contributed by atoms with E-state index in [0.29, 0.717) is 22.6 Å². The Labute approximate surface area is 136 Å². The summed E-state index contributed by atoms with van der Waals surface area (Å²) in [5.74, 6) is 1.39. The first kappa shape index (κ1) is 16.7. The number of Topliss-reactive ketones (excluding diaryl/α,β-unsaturated/α-hetero) is 2. The van der Waals surface area contributed by atoms with E-state index in [4.69, 9.17) is 9.47 Å². The summed E-state index contributed by atoms with van der Waals surface area (Å²) in [5, 5.41) is 0. The minimum atomic E-state index is -0.00380. The largest absolute Gasteiger partial charge is 0.496 e. The van der Waals surface area contributed by atoms with Gasteiger partial charge in [-0.25, -0.2) is 0 Å². The van der Waals surface area contributed by atoms with Gasteiger partial charge in [-0.1, -0.05) is 0 Å². The lowest BCUT2D eigenvalue weighted by atomic mass is 10.1. The number of carbonyl (C=O) groups is 2. The summed E-state index contributed by atoms with van der Waals surface area (Å²) in [7, 11) is 1.58. The Balaban J connectivity index is 2.22. The predicted octanol–water partition coefficient (Wildman–Crippen LogP) is 3.99. The second kappa shape index (κ2) is 7.09. The average molecular weight is 312 g/mol. The van der Waals surface area contributed by atoms with Crippen molar-refractivity contribution < 1.29 is 19.1 Å². The van der Waals surface area contributed by atoms with Gasteiger partial charge in [0.1, 0.15) is 18.1 Å². The predicted molar refractivity (Wildman–Crippen MR) is 88.5 cm³/mol. The van der Waals surface area contributed by atoms with E-state index in [0.717, 1.165) is 11.1 Å². The SMILES string of the molecule is COc1ccc(C(C)=O)cc1COc1ccc(C(C)=O)cc1C. The monoisotopic (exact) mass is 312 g/mol. The van der Waals surface area contributed by atoms with Crippen molar-refractivity contribution in [3.8, 4) is 11.5 Å². The number of carbonyl (C=O) groups excluding carboxylic acids is 2. The fourth-order valence-electron chi connectivity index (χ4n) is 2.30. The van der Waals surface area contributed by atoms with Crippen LogP contribution in [0.3, 0.4) is 0 Å². The first-order chi connectivity index (χ1) is 10.9. The molecule has 0 fully saturated rings. The van der Waals surface area contributed by atoms with E-state index in [9.17, 15) is 9.59 Å². The second-order valence-corrected chi connectivity index (χ2v) is 5.41. The number of rotatable bonds is 6. The highest BCUT2D eigenvalue weighted by Gasteiger charge is 2.10. The van der Waals surface area contributed by atoms with Crippen molar-refractivity contribution in [1.82, 2.24) is 0 Å². The van der Waals surface area contributed by atoms with Crippen LogP contribution in [0.2, 0.25) is 0 Å². The molecule has 0 aliphatic heterocycles. The Morgan fingerprint density at radius 1 is 0.913 bits per heavy atom. The lowest BCUT2D eigenvalue weighted by Crippen LogP contribution is -2.03. The van der Waals surface area contributed by atoms with Crippen LogP contribution in [0.15, 0.2) is 36.4 Å².